The van der Waals surface area contributed by atoms with Gasteiger partial charge < -0.3 is 10.6 Å². The first kappa shape index (κ1) is 19.1. The number of nitrogens with zero attached hydrogens (tertiary/aromatic N) is 1. The van der Waals surface area contributed by atoms with Crippen LogP contribution in [-0.4, -0.2) is 42.4 Å². The van der Waals surface area contributed by atoms with Crippen LogP contribution in [0.4, 0.5) is 5.69 Å². The first-order valence-corrected chi connectivity index (χ1v) is 9.51. The van der Waals surface area contributed by atoms with Crippen LogP contribution in [0.15, 0.2) is 54.6 Å². The molecule has 3 rings (SSSR count). The summed E-state index contributed by atoms with van der Waals surface area (Å²) in [5.74, 6) is 0.0767. The highest BCUT2D eigenvalue weighted by molar-refractivity contribution is 5.92. The molecule has 0 aliphatic carbocycles. The zero-order valence-electron chi connectivity index (χ0n) is 15.8. The highest BCUT2D eigenvalue weighted by Gasteiger charge is 2.22. The zero-order chi connectivity index (χ0) is 19.1. The number of carbonyl (C=O) groups excluding carboxylic acids is 2. The van der Waals surface area contributed by atoms with Crippen LogP contribution in [0, 0.1) is 6.92 Å². The summed E-state index contributed by atoms with van der Waals surface area (Å²) in [6.45, 7) is 4.05. The third-order valence-corrected chi connectivity index (χ3v) is 4.99. The van der Waals surface area contributed by atoms with Crippen molar-refractivity contribution >= 4 is 17.5 Å². The second-order valence-electron chi connectivity index (χ2n) is 7.14. The van der Waals surface area contributed by atoms with Gasteiger partial charge in [-0.3, -0.25) is 14.5 Å². The van der Waals surface area contributed by atoms with Gasteiger partial charge in [0.25, 0.3) is 0 Å². The van der Waals surface area contributed by atoms with Crippen LogP contribution >= 0.6 is 0 Å². The van der Waals surface area contributed by atoms with Gasteiger partial charge in [-0.25, -0.2) is 0 Å². The Balaban J connectivity index is 1.39. The molecule has 0 atom stereocenters. The van der Waals surface area contributed by atoms with Crippen LogP contribution in [0.25, 0.3) is 0 Å². The van der Waals surface area contributed by atoms with E-state index in [1.54, 1.807) is 0 Å². The molecule has 1 heterocycles. The van der Waals surface area contributed by atoms with Gasteiger partial charge in [0.2, 0.25) is 11.8 Å². The summed E-state index contributed by atoms with van der Waals surface area (Å²) in [7, 11) is 0. The highest BCUT2D eigenvalue weighted by Crippen LogP contribution is 2.12. The second-order valence-corrected chi connectivity index (χ2v) is 7.14. The van der Waals surface area contributed by atoms with Crippen molar-refractivity contribution in [2.75, 3.05) is 25.0 Å². The fourth-order valence-electron chi connectivity index (χ4n) is 3.42. The van der Waals surface area contributed by atoms with E-state index in [2.05, 4.69) is 15.5 Å². The standard InChI is InChI=1S/C22H27N3O2/c1-17-7-5-6-8-18(17)15-21(26)23-20-11-13-25(14-12-20)16-22(27)24-19-9-3-2-4-10-19/h2-10,20H,11-16H2,1H3,(H,23,26)(H,24,27). The topological polar surface area (TPSA) is 61.4 Å². The molecular weight excluding hydrogens is 338 g/mol. The molecule has 0 aromatic heterocycles. The molecule has 2 aromatic rings. The molecule has 2 aromatic carbocycles. The maximum Gasteiger partial charge on any atom is 0.238 e. The smallest absolute Gasteiger partial charge is 0.238 e. The molecule has 1 aliphatic heterocycles. The van der Waals surface area contributed by atoms with Crippen LogP contribution < -0.4 is 10.6 Å². The van der Waals surface area contributed by atoms with Gasteiger partial charge >= 0.3 is 0 Å². The molecule has 0 saturated carbocycles. The molecule has 0 unspecified atom stereocenters. The van der Waals surface area contributed by atoms with Gasteiger partial charge in [-0.1, -0.05) is 42.5 Å². The molecule has 5 nitrogen and oxygen atoms in total. The summed E-state index contributed by atoms with van der Waals surface area (Å²) in [6, 6.07) is 17.7. The Bertz CT molecular complexity index is 768. The maximum atomic E-state index is 12.3. The lowest BCUT2D eigenvalue weighted by Crippen LogP contribution is -2.46. The molecule has 27 heavy (non-hydrogen) atoms. The number of rotatable bonds is 6. The zero-order valence-corrected chi connectivity index (χ0v) is 15.8. The average molecular weight is 365 g/mol. The van der Waals surface area contributed by atoms with Crippen molar-refractivity contribution in [2.45, 2.75) is 32.2 Å². The summed E-state index contributed by atoms with van der Waals surface area (Å²) >= 11 is 0. The lowest BCUT2D eigenvalue weighted by atomic mass is 10.0. The van der Waals surface area contributed by atoms with Gasteiger partial charge in [0, 0.05) is 24.8 Å². The molecule has 1 saturated heterocycles. The first-order chi connectivity index (χ1) is 13.1. The third kappa shape index (κ3) is 5.93. The van der Waals surface area contributed by atoms with E-state index in [-0.39, 0.29) is 17.9 Å². The van der Waals surface area contributed by atoms with Crippen LogP contribution in [-0.2, 0) is 16.0 Å². The van der Waals surface area contributed by atoms with Crippen molar-refractivity contribution in [1.82, 2.24) is 10.2 Å². The lowest BCUT2D eigenvalue weighted by molar-refractivity contribution is -0.122. The summed E-state index contributed by atoms with van der Waals surface area (Å²) in [5.41, 5.74) is 3.04. The Kier molecular flexibility index (Phi) is 6.60. The number of nitrogens with one attached hydrogen (secondary N) is 2. The van der Waals surface area contributed by atoms with Gasteiger partial charge in [0.15, 0.2) is 0 Å². The molecule has 1 fully saturated rings. The number of carbonyl (C=O) groups is 2. The average Bonchev–Trinajstić information content (AvgIpc) is 2.66. The van der Waals surface area contributed by atoms with Crippen LogP contribution in [0.1, 0.15) is 24.0 Å². The van der Waals surface area contributed by atoms with E-state index in [4.69, 9.17) is 0 Å². The van der Waals surface area contributed by atoms with Gasteiger partial charge in [-0.05, 0) is 43.0 Å². The quantitative estimate of drug-likeness (QED) is 0.827. The second kappa shape index (κ2) is 9.33. The van der Waals surface area contributed by atoms with Crippen molar-refractivity contribution in [3.05, 3.63) is 65.7 Å². The van der Waals surface area contributed by atoms with Crippen LogP contribution in [0.2, 0.25) is 0 Å². The molecule has 0 radical (unpaired) electrons. The van der Waals surface area contributed by atoms with E-state index in [9.17, 15) is 9.59 Å². The predicted molar refractivity (Wildman–Crippen MR) is 108 cm³/mol. The predicted octanol–water partition coefficient (Wildman–Crippen LogP) is 2.76. The first-order valence-electron chi connectivity index (χ1n) is 9.51. The number of benzene rings is 2. The van der Waals surface area contributed by atoms with E-state index < -0.39 is 0 Å². The van der Waals surface area contributed by atoms with Crippen LogP contribution in [0.3, 0.4) is 0 Å². The summed E-state index contributed by atoms with van der Waals surface area (Å²) in [6.07, 6.45) is 2.17. The van der Waals surface area contributed by atoms with E-state index in [1.165, 1.54) is 0 Å². The van der Waals surface area contributed by atoms with E-state index >= 15 is 0 Å². The Morgan fingerprint density at radius 3 is 2.33 bits per heavy atom. The molecule has 142 valence electrons. The Labute approximate surface area is 160 Å². The summed E-state index contributed by atoms with van der Waals surface area (Å²) in [5, 5.41) is 6.06. The molecule has 0 bridgehead atoms. The number of likely N-dealkylation sites (tertiary alicyclic amines) is 1. The number of piperidine rings is 1. The minimum Gasteiger partial charge on any atom is -0.353 e. The van der Waals surface area contributed by atoms with Crippen molar-refractivity contribution in [3.63, 3.8) is 0 Å². The molecular formula is C22H27N3O2. The molecule has 1 aliphatic rings. The molecule has 2 N–H and O–H groups in total. The Morgan fingerprint density at radius 1 is 0.963 bits per heavy atom. The number of amides is 2. The van der Waals surface area contributed by atoms with E-state index in [0.717, 1.165) is 42.7 Å². The number of aryl methyl sites for hydroxylation is 1. The third-order valence-electron chi connectivity index (χ3n) is 4.99. The normalized spacial score (nSPS) is 15.3. The van der Waals surface area contributed by atoms with Gasteiger partial charge in [0.05, 0.1) is 13.0 Å². The van der Waals surface area contributed by atoms with Crippen molar-refractivity contribution in [2.24, 2.45) is 0 Å². The number of hydrogen-bond acceptors (Lipinski definition) is 3. The SMILES string of the molecule is Cc1ccccc1CC(=O)NC1CCN(CC(=O)Nc2ccccc2)CC1. The van der Waals surface area contributed by atoms with E-state index in [0.29, 0.717) is 13.0 Å². The van der Waals surface area contributed by atoms with Crippen molar-refractivity contribution in [3.8, 4) is 0 Å². The number of anilines is 1. The Hall–Kier alpha value is -2.66. The summed E-state index contributed by atoms with van der Waals surface area (Å²) in [4.78, 5) is 26.6. The van der Waals surface area contributed by atoms with Crippen molar-refractivity contribution < 1.29 is 9.59 Å². The Morgan fingerprint density at radius 2 is 1.63 bits per heavy atom. The van der Waals surface area contributed by atoms with Gasteiger partial charge in [0.1, 0.15) is 0 Å². The van der Waals surface area contributed by atoms with Crippen molar-refractivity contribution in [1.29, 1.82) is 0 Å². The minimum atomic E-state index is 0.00300. The highest BCUT2D eigenvalue weighted by atomic mass is 16.2. The maximum absolute atomic E-state index is 12.3. The number of hydrogen-bond donors (Lipinski definition) is 2. The molecule has 0 spiro atoms. The molecule has 5 heteroatoms. The molecule has 2 amide bonds. The van der Waals surface area contributed by atoms with Gasteiger partial charge in [-0.15, -0.1) is 0 Å². The van der Waals surface area contributed by atoms with E-state index in [1.807, 2.05) is 61.5 Å². The number of para-hydroxylation sites is 1. The fourth-order valence-corrected chi connectivity index (χ4v) is 3.42. The summed E-state index contributed by atoms with van der Waals surface area (Å²) < 4.78 is 0. The van der Waals surface area contributed by atoms with Crippen LogP contribution in [0.5, 0.6) is 0 Å². The minimum absolute atomic E-state index is 0.00300. The monoisotopic (exact) mass is 365 g/mol. The van der Waals surface area contributed by atoms with Gasteiger partial charge in [-0.2, -0.15) is 0 Å². The lowest BCUT2D eigenvalue weighted by Gasteiger charge is -2.31. The fraction of sp³-hybridized carbons (Fsp3) is 0.364. The largest absolute Gasteiger partial charge is 0.353 e.